The molecule has 2 saturated heterocycles. The summed E-state index contributed by atoms with van der Waals surface area (Å²) in [5.41, 5.74) is 2.58. The van der Waals surface area contributed by atoms with E-state index in [1.165, 1.54) is 19.1 Å². The van der Waals surface area contributed by atoms with Crippen molar-refractivity contribution in [2.24, 2.45) is 29.6 Å². The normalized spacial score (nSPS) is 36.6. The number of fused-ring (bicyclic) bond motifs is 3. The number of aromatic amines is 1. The number of amides is 1. The van der Waals surface area contributed by atoms with Crippen LogP contribution in [0, 0.1) is 29.6 Å². The summed E-state index contributed by atoms with van der Waals surface area (Å²) < 4.78 is 37.0. The number of esters is 1. The minimum absolute atomic E-state index is 0.00288. The first kappa shape index (κ1) is 52.1. The Balaban J connectivity index is 1.29. The molecule has 1 aromatic heterocycles. The lowest BCUT2D eigenvalue weighted by molar-refractivity contribution is -0.302. The van der Waals surface area contributed by atoms with E-state index in [0.29, 0.717) is 56.3 Å². The molecule has 1 saturated carbocycles. The second kappa shape index (κ2) is 23.4. The number of ether oxygens (including phenoxy) is 6. The number of methoxy groups -OCH3 is 3. The molecule has 14 unspecified atom stereocenters. The fourth-order valence-corrected chi connectivity index (χ4v) is 10.8. The number of cyclic esters (lactones) is 1. The van der Waals surface area contributed by atoms with Crippen LogP contribution in [0.4, 0.5) is 0 Å². The van der Waals surface area contributed by atoms with Gasteiger partial charge in [-0.15, -0.1) is 0 Å². The molecule has 0 radical (unpaired) electrons. The van der Waals surface area contributed by atoms with E-state index in [9.17, 15) is 29.4 Å². The number of allylic oxidation sites excluding steroid dienone is 3. The van der Waals surface area contributed by atoms with Crippen LogP contribution in [0.5, 0.6) is 5.75 Å². The summed E-state index contributed by atoms with van der Waals surface area (Å²) in [4.78, 5) is 66.0. The molecule has 4 aliphatic rings. The summed E-state index contributed by atoms with van der Waals surface area (Å²) in [6, 6.07) is 6.61. The molecule has 3 fully saturated rings. The molecule has 6 rings (SSSR count). The summed E-state index contributed by atoms with van der Waals surface area (Å²) in [6.45, 7) is 11.3. The maximum absolute atomic E-state index is 14.6. The van der Waals surface area contributed by atoms with Crippen molar-refractivity contribution in [3.8, 4) is 17.1 Å². The average Bonchev–Trinajstić information content (AvgIpc) is 3.87. The van der Waals surface area contributed by atoms with Gasteiger partial charge < -0.3 is 48.5 Å². The number of hydrogen-bond acceptors (Lipinski definition) is 13. The van der Waals surface area contributed by atoms with Gasteiger partial charge in [0.25, 0.3) is 11.7 Å². The highest BCUT2D eigenvalue weighted by molar-refractivity contribution is 6.39. The van der Waals surface area contributed by atoms with Crippen molar-refractivity contribution in [1.29, 1.82) is 0 Å². The van der Waals surface area contributed by atoms with E-state index in [1.807, 2.05) is 51.1 Å². The molecule has 2 bridgehead atoms. The highest BCUT2D eigenvalue weighted by Crippen LogP contribution is 2.40. The number of ketones is 2. The van der Waals surface area contributed by atoms with Gasteiger partial charge in [-0.05, 0) is 108 Å². The first-order chi connectivity index (χ1) is 32.0. The van der Waals surface area contributed by atoms with Gasteiger partial charge >= 0.3 is 5.97 Å². The predicted molar refractivity (Wildman–Crippen MR) is 251 cm³/mol. The molecule has 3 aliphatic heterocycles. The van der Waals surface area contributed by atoms with Gasteiger partial charge in [0.05, 0.1) is 24.4 Å². The van der Waals surface area contributed by atoms with Gasteiger partial charge in [0.2, 0.25) is 5.79 Å². The number of nitrogens with zero attached hydrogens (tertiary/aromatic N) is 2. The molecule has 67 heavy (non-hydrogen) atoms. The molecule has 0 spiro atoms. The van der Waals surface area contributed by atoms with Crippen LogP contribution in [-0.2, 0) is 42.9 Å². The van der Waals surface area contributed by atoms with Gasteiger partial charge in [-0.1, -0.05) is 57.6 Å². The fourth-order valence-electron chi connectivity index (χ4n) is 10.8. The first-order valence-electron chi connectivity index (χ1n) is 24.4. The molecule has 3 N–H and O–H groups in total. The van der Waals surface area contributed by atoms with E-state index >= 15 is 0 Å². The predicted octanol–water partition coefficient (Wildman–Crippen LogP) is 6.95. The van der Waals surface area contributed by atoms with Crippen molar-refractivity contribution < 1.29 is 57.8 Å². The lowest BCUT2D eigenvalue weighted by Gasteiger charge is -2.47. The number of aliphatic hydroxyl groups excluding tert-OH is 1. The molecular weight excluding hydrogens is 859 g/mol. The molecule has 15 nitrogen and oxygen atoms in total. The quantitative estimate of drug-likeness (QED) is 0.133. The number of Topliss-reactive ketones (excluding diaryl/α,β-unsaturated/α-hetero) is 2. The monoisotopic (exact) mass is 934 g/mol. The van der Waals surface area contributed by atoms with E-state index in [2.05, 4.69) is 23.0 Å². The molecule has 1 aliphatic carbocycles. The third-order valence-electron chi connectivity index (χ3n) is 14.8. The first-order valence-corrected chi connectivity index (χ1v) is 24.4. The summed E-state index contributed by atoms with van der Waals surface area (Å²) in [5, 5.41) is 24.0. The van der Waals surface area contributed by atoms with Crippen molar-refractivity contribution in [1.82, 2.24) is 14.9 Å². The number of rotatable bonds is 9. The van der Waals surface area contributed by atoms with Gasteiger partial charge in [0, 0.05) is 70.0 Å². The number of aromatic nitrogens is 2. The molecule has 14 atom stereocenters. The van der Waals surface area contributed by atoms with Crippen LogP contribution in [-0.4, -0.2) is 131 Å². The molecule has 4 heterocycles. The van der Waals surface area contributed by atoms with E-state index in [-0.39, 0.29) is 55.6 Å². The zero-order valence-corrected chi connectivity index (χ0v) is 41.0. The lowest BCUT2D eigenvalue weighted by Crippen LogP contribution is -2.64. The Bertz CT molecular complexity index is 2060. The van der Waals surface area contributed by atoms with Gasteiger partial charge in [-0.2, -0.15) is 0 Å². The minimum atomic E-state index is -2.51. The molecule has 1 aromatic carbocycles. The van der Waals surface area contributed by atoms with E-state index in [1.54, 1.807) is 33.4 Å². The van der Waals surface area contributed by atoms with Crippen molar-refractivity contribution in [2.75, 3.05) is 27.9 Å². The largest absolute Gasteiger partial charge is 0.488 e. The third-order valence-corrected chi connectivity index (χ3v) is 14.8. The Morgan fingerprint density at radius 1 is 0.955 bits per heavy atom. The van der Waals surface area contributed by atoms with Gasteiger partial charge in [-0.3, -0.25) is 14.4 Å². The Hall–Kier alpha value is -4.25. The molecule has 370 valence electrons. The van der Waals surface area contributed by atoms with E-state index in [4.69, 9.17) is 28.4 Å². The number of benzene rings is 1. The van der Waals surface area contributed by atoms with Crippen LogP contribution in [0.2, 0.25) is 0 Å². The number of nitrogens with one attached hydrogen (secondary N) is 1. The van der Waals surface area contributed by atoms with Crippen LogP contribution in [0.25, 0.3) is 11.4 Å². The van der Waals surface area contributed by atoms with Gasteiger partial charge in [0.1, 0.15) is 41.7 Å². The highest BCUT2D eigenvalue weighted by Gasteiger charge is 2.56. The number of carbonyl (C=O) groups is 4. The highest BCUT2D eigenvalue weighted by atomic mass is 16.7. The summed E-state index contributed by atoms with van der Waals surface area (Å²) in [7, 11) is 4.74. The minimum Gasteiger partial charge on any atom is -0.488 e. The van der Waals surface area contributed by atoms with Crippen LogP contribution in [0.15, 0.2) is 60.0 Å². The number of aliphatic hydroxyl groups is 2. The lowest BCUT2D eigenvalue weighted by atomic mass is 9.81. The zero-order valence-electron chi connectivity index (χ0n) is 41.0. The third kappa shape index (κ3) is 12.3. The fraction of sp³-hybridized carbons (Fsp3) is 0.673. The number of carbonyl (C=O) groups excluding carboxylic acids is 4. The Labute approximate surface area is 396 Å². The smallest absolute Gasteiger partial charge is 0.329 e. The number of H-pyrrole nitrogens is 1. The second-order valence-electron chi connectivity index (χ2n) is 19.7. The summed E-state index contributed by atoms with van der Waals surface area (Å²) >= 11 is 0. The summed E-state index contributed by atoms with van der Waals surface area (Å²) in [5.74, 6) is -6.11. The average molecular weight is 934 g/mol. The van der Waals surface area contributed by atoms with E-state index < -0.39 is 77.8 Å². The maximum Gasteiger partial charge on any atom is 0.329 e. The molecule has 1 amide bonds. The van der Waals surface area contributed by atoms with Crippen LogP contribution in [0.3, 0.4) is 0 Å². The maximum atomic E-state index is 14.6. The summed E-state index contributed by atoms with van der Waals surface area (Å²) in [6.07, 6.45) is 7.89. The standard InChI is InChI=1S/C52H75N3O12/c1-10-36-23-30(2)22-31(3)24-44(63-8)47-45(64-9)26-33(5)52(61,67-47)48(58)50(59)55-21-12-11-16-39(55)51(60)66-46(34(6)40(56)29-41(36)57)32(4)25-35-17-18-42(43(27-35)62-7)65-38-15-13-14-37(28-38)49-53-19-20-54-49/h13-15,19-20,23,25,28,31,33-36,39-40,42-47,56,61H,10-12,16-18,21-22,24,26-27,29H2,1-9H3,(H,53,54)/b30-23+,32-25?. The number of imidazole rings is 1. The Morgan fingerprint density at radius 3 is 2.37 bits per heavy atom. The van der Waals surface area contributed by atoms with Gasteiger partial charge in [-0.25, -0.2) is 9.78 Å². The van der Waals surface area contributed by atoms with Crippen LogP contribution >= 0.6 is 0 Å². The molecular formula is C52H75N3O12. The van der Waals surface area contributed by atoms with Crippen LogP contribution in [0.1, 0.15) is 112 Å². The van der Waals surface area contributed by atoms with Gasteiger partial charge in [0.15, 0.2) is 0 Å². The Morgan fingerprint density at radius 2 is 1.69 bits per heavy atom. The number of hydrogen-bond donors (Lipinski definition) is 3. The van der Waals surface area contributed by atoms with Crippen molar-refractivity contribution in [2.45, 2.75) is 167 Å². The van der Waals surface area contributed by atoms with Crippen molar-refractivity contribution in [3.63, 3.8) is 0 Å². The topological polar surface area (TPSA) is 196 Å². The molecule has 2 aromatic rings. The van der Waals surface area contributed by atoms with E-state index in [0.717, 1.165) is 23.4 Å². The van der Waals surface area contributed by atoms with Crippen molar-refractivity contribution in [3.05, 3.63) is 60.0 Å². The van der Waals surface area contributed by atoms with Crippen LogP contribution < -0.4 is 4.74 Å². The molecule has 15 heteroatoms. The SMILES string of the molecule is CCC1/C=C(\C)CC(C)CC(OC)C2OC(O)(C(=O)C(=O)N3CCCCC3C(=O)OC(C(C)=CC3CCC(Oc4cccc(-c5ncc[nH]5)c4)C(OC)C3)C(C)C(O)CC1=O)C(C)CC2OC. The zero-order chi connectivity index (χ0) is 48.6. The number of piperidine rings is 1. The second-order valence-corrected chi connectivity index (χ2v) is 19.7. The Kier molecular flexibility index (Phi) is 18.2. The van der Waals surface area contributed by atoms with Crippen molar-refractivity contribution >= 4 is 23.4 Å².